The van der Waals surface area contributed by atoms with E-state index in [-0.39, 0.29) is 1390 Å². The summed E-state index contributed by atoms with van der Waals surface area (Å²) in [7, 11) is 0. The maximum atomic E-state index is 0. The van der Waals surface area contributed by atoms with Crippen molar-refractivity contribution < 1.29 is 0 Å². The van der Waals surface area contributed by atoms with Gasteiger partial charge in [-0.3, -0.25) is 0 Å². The summed E-state index contributed by atoms with van der Waals surface area (Å²) in [6.45, 7) is 0. The third-order valence-corrected chi connectivity index (χ3v) is 0. The molecule has 0 aliphatic heterocycles. The molecule has 47 heteroatoms. The molecule has 94 valence electrons. The Bertz CT molecular complexity index is 0. The van der Waals surface area contributed by atoms with Gasteiger partial charge in [0.15, 0.2) is 0 Å². The molecule has 0 aromatic heterocycles. The number of hydrogen-bond donors (Lipinski definition) is 0. The van der Waals surface area contributed by atoms with Gasteiger partial charge < -0.3 is 0 Å². The van der Waals surface area contributed by atoms with Crippen LogP contribution in [-0.2, 0) is 0 Å². The van der Waals surface area contributed by atoms with Crippen molar-refractivity contribution in [2.45, 2.75) is 0 Å². The summed E-state index contributed by atoms with van der Waals surface area (Å²) in [5.74, 6) is 0. The first-order valence-electron chi connectivity index (χ1n) is 0. The van der Waals surface area contributed by atoms with Crippen molar-refractivity contribution >= 4 is 1390 Å². The van der Waals surface area contributed by atoms with Gasteiger partial charge >= 0.3 is 1390 Å². The number of rotatable bonds is 0. The molecule has 0 N–H and O–H groups in total. The van der Waals surface area contributed by atoms with Crippen LogP contribution in [0.25, 0.3) is 0 Å². The molecule has 0 saturated carbocycles. The SMILES string of the molecule is [NaH].[NaH].[NaH].[NaH].[NaH].[NaH].[NaH].[NaH].[NaH].[NaH].[NaH].[NaH].[NaH].[NaH].[NaH].[NaH].[NaH].[NaH].[NaH].[NaH].[NaH].[NaH].[NaH].[NaH].[NaH].[NaH].[NaH].[NaH].[NaH].[NaH].[NaH].[NaH].[NaH].[NaH].[NaH].[NaH].[NaH].[NaH].[NaH].[NaH].[NaH].[NaH].[NaH].[NaH].[NaH].[NaH].[NaH]. The summed E-state index contributed by atoms with van der Waals surface area (Å²) in [4.78, 5) is 0. The topological polar surface area (TPSA) is 0 Å². The molecule has 47 heavy (non-hydrogen) atoms. The molecule has 0 aliphatic rings. The fourth-order valence-electron chi connectivity index (χ4n) is 0. The minimum atomic E-state index is 0. The first-order chi connectivity index (χ1) is 0. The van der Waals surface area contributed by atoms with Gasteiger partial charge in [0.05, 0.1) is 0 Å². The summed E-state index contributed by atoms with van der Waals surface area (Å²) in [5.41, 5.74) is 0. The first-order valence-corrected chi connectivity index (χ1v) is 0. The third kappa shape index (κ3) is 349. The zero-order valence-electron chi connectivity index (χ0n) is 0. The van der Waals surface area contributed by atoms with E-state index in [9.17, 15) is 0 Å². The van der Waals surface area contributed by atoms with Crippen molar-refractivity contribution in [3.05, 3.63) is 0 Å². The van der Waals surface area contributed by atoms with Crippen molar-refractivity contribution in [1.29, 1.82) is 0 Å². The molecule has 0 aromatic rings. The molecular weight excluding hydrogens is 1080 g/mol. The summed E-state index contributed by atoms with van der Waals surface area (Å²) in [6, 6.07) is 0. The van der Waals surface area contributed by atoms with Gasteiger partial charge in [-0.05, 0) is 0 Å². The van der Waals surface area contributed by atoms with Gasteiger partial charge in [0.25, 0.3) is 0 Å². The van der Waals surface area contributed by atoms with E-state index in [1.807, 2.05) is 0 Å². The van der Waals surface area contributed by atoms with Crippen molar-refractivity contribution in [1.82, 2.24) is 0 Å². The Morgan fingerprint density at radius 2 is 0.0213 bits per heavy atom. The molecule has 0 aliphatic carbocycles. The fourth-order valence-corrected chi connectivity index (χ4v) is 0. The standard InChI is InChI=1S/47Na.47H. The van der Waals surface area contributed by atoms with Gasteiger partial charge in [-0.2, -0.15) is 0 Å². The van der Waals surface area contributed by atoms with Gasteiger partial charge in [0.2, 0.25) is 0 Å². The Hall–Kier alpha value is 47.0. The Morgan fingerprint density at radius 1 is 0.0213 bits per heavy atom. The average Bonchev–Trinajstić information content (AvgIpc) is 0. The predicted octanol–water partition coefficient (Wildman–Crippen LogP) is -30.5. The van der Waals surface area contributed by atoms with Crippen LogP contribution in [-0.4, -0.2) is 1390 Å². The Kier molecular flexibility index (Phi) is 2790. The van der Waals surface area contributed by atoms with E-state index in [2.05, 4.69) is 0 Å². The van der Waals surface area contributed by atoms with Crippen LogP contribution in [0.4, 0.5) is 0 Å². The molecule has 0 amide bonds. The van der Waals surface area contributed by atoms with Crippen LogP contribution in [0.15, 0.2) is 0 Å². The molecule has 0 unspecified atom stereocenters. The van der Waals surface area contributed by atoms with Crippen LogP contribution < -0.4 is 0 Å². The van der Waals surface area contributed by atoms with Crippen LogP contribution in [0.5, 0.6) is 0 Å². The first kappa shape index (κ1) is 368. The van der Waals surface area contributed by atoms with E-state index in [0.717, 1.165) is 0 Å². The van der Waals surface area contributed by atoms with E-state index in [0.29, 0.717) is 0 Å². The molecule has 0 atom stereocenters. The zero-order chi connectivity index (χ0) is 0. The van der Waals surface area contributed by atoms with E-state index in [1.54, 1.807) is 0 Å². The Labute approximate surface area is 1340 Å². The second kappa shape index (κ2) is 356. The summed E-state index contributed by atoms with van der Waals surface area (Å²) in [6.07, 6.45) is 0. The Balaban J connectivity index is 0. The molecule has 0 nitrogen and oxygen atoms in total. The van der Waals surface area contributed by atoms with Gasteiger partial charge in [0, 0.05) is 0 Å². The molecule has 0 bridgehead atoms. The van der Waals surface area contributed by atoms with E-state index in [1.165, 1.54) is 0 Å². The molecule has 0 radical (unpaired) electrons. The van der Waals surface area contributed by atoms with Crippen molar-refractivity contribution in [3.8, 4) is 0 Å². The molecule has 0 spiro atoms. The Morgan fingerprint density at radius 3 is 0.0213 bits per heavy atom. The fraction of sp³-hybridized carbons (Fsp3) is 0. The van der Waals surface area contributed by atoms with Gasteiger partial charge in [-0.15, -0.1) is 0 Å². The van der Waals surface area contributed by atoms with Gasteiger partial charge in [-0.25, -0.2) is 0 Å². The molecule has 0 aromatic carbocycles. The van der Waals surface area contributed by atoms with E-state index < -0.39 is 0 Å². The molecular formula is H47Na47. The van der Waals surface area contributed by atoms with Crippen molar-refractivity contribution in [2.24, 2.45) is 0 Å². The minimum absolute atomic E-state index is 0. The third-order valence-electron chi connectivity index (χ3n) is 0. The molecule has 0 saturated heterocycles. The quantitative estimate of drug-likeness (QED) is 0.212. The zero-order valence-corrected chi connectivity index (χ0v) is 0. The normalized spacial score (nSPS) is 0. The maximum absolute atomic E-state index is 0. The van der Waals surface area contributed by atoms with Crippen LogP contribution >= 0.6 is 0 Å². The van der Waals surface area contributed by atoms with Crippen LogP contribution in [0.2, 0.25) is 0 Å². The van der Waals surface area contributed by atoms with Crippen LogP contribution in [0.3, 0.4) is 0 Å². The summed E-state index contributed by atoms with van der Waals surface area (Å²) >= 11 is 0. The van der Waals surface area contributed by atoms with Crippen molar-refractivity contribution in [3.63, 3.8) is 0 Å². The predicted molar refractivity (Wildman–Crippen MR) is 336 cm³/mol. The molecule has 0 fully saturated rings. The van der Waals surface area contributed by atoms with Crippen LogP contribution in [0.1, 0.15) is 0 Å². The molecule has 0 rings (SSSR count). The summed E-state index contributed by atoms with van der Waals surface area (Å²) < 4.78 is 0. The van der Waals surface area contributed by atoms with E-state index in [4.69, 9.17) is 0 Å². The van der Waals surface area contributed by atoms with Crippen LogP contribution in [0, 0.1) is 0 Å². The van der Waals surface area contributed by atoms with E-state index >= 15 is 0 Å². The molecule has 0 heterocycles. The van der Waals surface area contributed by atoms with Crippen molar-refractivity contribution in [2.75, 3.05) is 0 Å². The second-order valence-electron chi connectivity index (χ2n) is 0. The number of hydrogen-bond acceptors (Lipinski definition) is 0. The second-order valence-corrected chi connectivity index (χ2v) is 0. The van der Waals surface area contributed by atoms with Gasteiger partial charge in [0.1, 0.15) is 0 Å². The monoisotopic (exact) mass is 1130 g/mol. The summed E-state index contributed by atoms with van der Waals surface area (Å²) in [5, 5.41) is 0. The van der Waals surface area contributed by atoms with Gasteiger partial charge in [-0.1, -0.05) is 0 Å². The average molecular weight is 1130 g/mol.